The number of allylic oxidation sites excluding steroid dienone is 1. The van der Waals surface area contributed by atoms with E-state index in [1.165, 1.54) is 31.3 Å². The van der Waals surface area contributed by atoms with E-state index in [1.807, 2.05) is 0 Å². The minimum Gasteiger partial charge on any atom is -0.371 e. The largest absolute Gasteiger partial charge is 0.371 e. The SMILES string of the molecule is CC(C)=CCOC(C)(C)[C@H]1CCCCC12CO2. The maximum atomic E-state index is 6.10. The Morgan fingerprint density at radius 1 is 1.41 bits per heavy atom. The van der Waals surface area contributed by atoms with Crippen molar-refractivity contribution >= 4 is 0 Å². The van der Waals surface area contributed by atoms with Gasteiger partial charge in [0.2, 0.25) is 0 Å². The molecule has 2 atom stereocenters. The summed E-state index contributed by atoms with van der Waals surface area (Å²) >= 11 is 0. The van der Waals surface area contributed by atoms with Crippen molar-refractivity contribution in [3.05, 3.63) is 11.6 Å². The molecule has 0 bridgehead atoms. The molecule has 1 spiro atoms. The summed E-state index contributed by atoms with van der Waals surface area (Å²) in [5, 5.41) is 0. The summed E-state index contributed by atoms with van der Waals surface area (Å²) < 4.78 is 11.9. The van der Waals surface area contributed by atoms with E-state index in [-0.39, 0.29) is 11.2 Å². The molecule has 1 unspecified atom stereocenters. The van der Waals surface area contributed by atoms with Gasteiger partial charge in [-0.05, 0) is 40.5 Å². The first kappa shape index (κ1) is 13.1. The lowest BCUT2D eigenvalue weighted by molar-refractivity contribution is -0.0842. The van der Waals surface area contributed by atoms with Crippen LogP contribution in [0.25, 0.3) is 0 Å². The van der Waals surface area contributed by atoms with Crippen molar-refractivity contribution in [2.24, 2.45) is 5.92 Å². The molecule has 1 aliphatic heterocycles. The van der Waals surface area contributed by atoms with Gasteiger partial charge in [0.1, 0.15) is 0 Å². The van der Waals surface area contributed by atoms with Crippen molar-refractivity contribution in [3.63, 3.8) is 0 Å². The van der Waals surface area contributed by atoms with Gasteiger partial charge < -0.3 is 9.47 Å². The smallest absolute Gasteiger partial charge is 0.0971 e. The van der Waals surface area contributed by atoms with Crippen molar-refractivity contribution in [1.29, 1.82) is 0 Å². The molecule has 1 saturated heterocycles. The zero-order chi connectivity index (χ0) is 12.5. The Morgan fingerprint density at radius 2 is 2.12 bits per heavy atom. The van der Waals surface area contributed by atoms with Gasteiger partial charge >= 0.3 is 0 Å². The Labute approximate surface area is 105 Å². The van der Waals surface area contributed by atoms with Gasteiger partial charge in [-0.15, -0.1) is 0 Å². The average Bonchev–Trinajstić information content (AvgIpc) is 2.97. The number of hydrogen-bond donors (Lipinski definition) is 0. The normalized spacial score (nSPS) is 32.6. The topological polar surface area (TPSA) is 21.8 Å². The molecule has 2 fully saturated rings. The minimum absolute atomic E-state index is 0.0666. The van der Waals surface area contributed by atoms with Crippen molar-refractivity contribution < 1.29 is 9.47 Å². The van der Waals surface area contributed by atoms with E-state index in [2.05, 4.69) is 33.8 Å². The van der Waals surface area contributed by atoms with Crippen LogP contribution in [0.15, 0.2) is 11.6 Å². The highest BCUT2D eigenvalue weighted by atomic mass is 16.6. The van der Waals surface area contributed by atoms with Crippen LogP contribution in [0.3, 0.4) is 0 Å². The number of epoxide rings is 1. The number of rotatable bonds is 4. The first-order valence-electron chi connectivity index (χ1n) is 6.88. The fourth-order valence-corrected chi connectivity index (χ4v) is 3.15. The van der Waals surface area contributed by atoms with Gasteiger partial charge in [-0.25, -0.2) is 0 Å². The summed E-state index contributed by atoms with van der Waals surface area (Å²) in [7, 11) is 0. The fraction of sp³-hybridized carbons (Fsp3) is 0.867. The van der Waals surface area contributed by atoms with Crippen LogP contribution in [0.5, 0.6) is 0 Å². The molecule has 98 valence electrons. The van der Waals surface area contributed by atoms with Crippen LogP contribution < -0.4 is 0 Å². The Bertz CT molecular complexity index is 296. The van der Waals surface area contributed by atoms with Crippen LogP contribution >= 0.6 is 0 Å². The molecule has 1 heterocycles. The summed E-state index contributed by atoms with van der Waals surface area (Å²) in [5.41, 5.74) is 1.43. The predicted molar refractivity (Wildman–Crippen MR) is 70.1 cm³/mol. The second-order valence-corrected chi connectivity index (χ2v) is 6.35. The van der Waals surface area contributed by atoms with Crippen LogP contribution in [0, 0.1) is 5.92 Å². The molecule has 1 aliphatic carbocycles. The third-order valence-corrected chi connectivity index (χ3v) is 4.28. The highest BCUT2D eigenvalue weighted by molar-refractivity contribution is 5.06. The molecule has 0 radical (unpaired) electrons. The summed E-state index contributed by atoms with van der Waals surface area (Å²) in [5.74, 6) is 0.564. The van der Waals surface area contributed by atoms with Crippen LogP contribution in [-0.4, -0.2) is 24.4 Å². The Morgan fingerprint density at radius 3 is 2.71 bits per heavy atom. The van der Waals surface area contributed by atoms with E-state index >= 15 is 0 Å². The Kier molecular flexibility index (Phi) is 3.65. The fourth-order valence-electron chi connectivity index (χ4n) is 3.15. The zero-order valence-electron chi connectivity index (χ0n) is 11.7. The lowest BCUT2D eigenvalue weighted by atomic mass is 9.71. The van der Waals surface area contributed by atoms with E-state index in [9.17, 15) is 0 Å². The Balaban J connectivity index is 1.96. The number of ether oxygens (including phenoxy) is 2. The molecule has 0 N–H and O–H groups in total. The molecular weight excluding hydrogens is 212 g/mol. The quantitative estimate of drug-likeness (QED) is 0.550. The molecular formula is C15H26O2. The first-order chi connectivity index (χ1) is 7.96. The highest BCUT2D eigenvalue weighted by Crippen LogP contribution is 2.51. The molecule has 2 nitrogen and oxygen atoms in total. The second kappa shape index (κ2) is 4.74. The maximum Gasteiger partial charge on any atom is 0.0971 e. The molecule has 17 heavy (non-hydrogen) atoms. The van der Waals surface area contributed by atoms with Gasteiger partial charge in [-0.3, -0.25) is 0 Å². The lowest BCUT2D eigenvalue weighted by Gasteiger charge is -2.40. The van der Waals surface area contributed by atoms with Gasteiger partial charge in [0.25, 0.3) is 0 Å². The average molecular weight is 238 g/mol. The van der Waals surface area contributed by atoms with Crippen LogP contribution in [0.4, 0.5) is 0 Å². The molecule has 2 rings (SSSR count). The van der Waals surface area contributed by atoms with Gasteiger partial charge in [-0.2, -0.15) is 0 Å². The van der Waals surface area contributed by atoms with Crippen molar-refractivity contribution in [2.75, 3.05) is 13.2 Å². The standard InChI is InChI=1S/C15H26O2/c1-12(2)8-10-16-14(3,4)13-7-5-6-9-15(13)11-17-15/h8,13H,5-7,9-11H2,1-4H3/t13-,15?/m1/s1. The molecule has 0 amide bonds. The van der Waals surface area contributed by atoms with Crippen molar-refractivity contribution in [1.82, 2.24) is 0 Å². The van der Waals surface area contributed by atoms with E-state index in [0.29, 0.717) is 5.92 Å². The zero-order valence-corrected chi connectivity index (χ0v) is 11.7. The van der Waals surface area contributed by atoms with Gasteiger partial charge in [0.15, 0.2) is 0 Å². The van der Waals surface area contributed by atoms with Crippen LogP contribution in [-0.2, 0) is 9.47 Å². The summed E-state index contributed by atoms with van der Waals surface area (Å²) in [6.45, 7) is 10.4. The van der Waals surface area contributed by atoms with Crippen molar-refractivity contribution in [3.8, 4) is 0 Å². The lowest BCUT2D eigenvalue weighted by Crippen LogP contribution is -2.45. The van der Waals surface area contributed by atoms with Gasteiger partial charge in [-0.1, -0.05) is 24.5 Å². The van der Waals surface area contributed by atoms with Crippen LogP contribution in [0.1, 0.15) is 53.4 Å². The molecule has 2 heteroatoms. The molecule has 0 aromatic heterocycles. The van der Waals surface area contributed by atoms with Crippen LogP contribution in [0.2, 0.25) is 0 Å². The third-order valence-electron chi connectivity index (χ3n) is 4.28. The van der Waals surface area contributed by atoms with E-state index in [4.69, 9.17) is 9.47 Å². The second-order valence-electron chi connectivity index (χ2n) is 6.35. The number of hydrogen-bond acceptors (Lipinski definition) is 2. The van der Waals surface area contributed by atoms with Gasteiger partial charge in [0, 0.05) is 5.92 Å². The highest BCUT2D eigenvalue weighted by Gasteiger charge is 2.57. The summed E-state index contributed by atoms with van der Waals surface area (Å²) in [6.07, 6.45) is 7.28. The van der Waals surface area contributed by atoms with E-state index < -0.39 is 0 Å². The third kappa shape index (κ3) is 2.92. The molecule has 0 aromatic carbocycles. The molecule has 2 aliphatic rings. The molecule has 1 saturated carbocycles. The summed E-state index contributed by atoms with van der Waals surface area (Å²) in [6, 6.07) is 0. The maximum absolute atomic E-state index is 6.10. The van der Waals surface area contributed by atoms with Gasteiger partial charge in [0.05, 0.1) is 24.4 Å². The first-order valence-corrected chi connectivity index (χ1v) is 6.88. The monoisotopic (exact) mass is 238 g/mol. The van der Waals surface area contributed by atoms with E-state index in [1.54, 1.807) is 0 Å². The summed E-state index contributed by atoms with van der Waals surface area (Å²) in [4.78, 5) is 0. The van der Waals surface area contributed by atoms with E-state index in [0.717, 1.165) is 13.2 Å². The van der Waals surface area contributed by atoms with Crippen molar-refractivity contribution in [2.45, 2.75) is 64.6 Å². The molecule has 0 aromatic rings. The minimum atomic E-state index is -0.0666. The predicted octanol–water partition coefficient (Wildman–Crippen LogP) is 3.71. The Hall–Kier alpha value is -0.340.